The molecule has 2 rings (SSSR count). The van der Waals surface area contributed by atoms with Crippen molar-refractivity contribution in [1.29, 1.82) is 5.41 Å². The van der Waals surface area contributed by atoms with Gasteiger partial charge in [-0.05, 0) is 48.4 Å². The molecule has 0 aliphatic heterocycles. The van der Waals surface area contributed by atoms with E-state index in [0.717, 1.165) is 11.8 Å². The van der Waals surface area contributed by atoms with Crippen molar-refractivity contribution < 1.29 is 18.5 Å². The highest BCUT2D eigenvalue weighted by Crippen LogP contribution is 2.38. The molecule has 142 valence electrons. The molecule has 2 aromatic rings. The number of alkyl halides is 3. The summed E-state index contributed by atoms with van der Waals surface area (Å²) in [4.78, 5) is 3.82. The average molecular weight is 415 g/mol. The summed E-state index contributed by atoms with van der Waals surface area (Å²) in [5, 5.41) is 9.22. The number of nitrogens with two attached hydrogens (primary N) is 1. The predicted molar refractivity (Wildman–Crippen MR) is 104 cm³/mol. The lowest BCUT2D eigenvalue weighted by Crippen LogP contribution is -2.76. The summed E-state index contributed by atoms with van der Waals surface area (Å²) in [6, 6.07) is 10.8. The van der Waals surface area contributed by atoms with E-state index in [1.165, 1.54) is 30.6 Å². The highest BCUT2D eigenvalue weighted by molar-refractivity contribution is 6.34. The lowest BCUT2D eigenvalue weighted by molar-refractivity contribution is -0.432. The SMILES string of the molecule is CC(=N)N=C[NH2+]c1ccc(/C=C/C(c2cc(Cl)cc(Cl)c2)C(F)(F)F)cc1. The molecule has 0 radical (unpaired) electrons. The normalized spacial score (nSPS) is 13.4. The zero-order chi connectivity index (χ0) is 20.0. The zero-order valence-electron chi connectivity index (χ0n) is 14.3. The zero-order valence-corrected chi connectivity index (χ0v) is 15.8. The van der Waals surface area contributed by atoms with Crippen molar-refractivity contribution in [3.8, 4) is 0 Å². The monoisotopic (exact) mass is 414 g/mol. The maximum Gasteiger partial charge on any atom is 0.399 e. The molecule has 1 atom stereocenters. The molecule has 0 fully saturated rings. The van der Waals surface area contributed by atoms with Crippen molar-refractivity contribution in [3.05, 3.63) is 69.7 Å². The van der Waals surface area contributed by atoms with Gasteiger partial charge in [0, 0.05) is 22.2 Å². The summed E-state index contributed by atoms with van der Waals surface area (Å²) in [5.41, 5.74) is 1.43. The van der Waals surface area contributed by atoms with Crippen LogP contribution in [0.2, 0.25) is 10.0 Å². The van der Waals surface area contributed by atoms with E-state index in [-0.39, 0.29) is 21.4 Å². The Bertz CT molecular complexity index is 839. The van der Waals surface area contributed by atoms with Gasteiger partial charge in [-0.3, -0.25) is 10.7 Å². The maximum absolute atomic E-state index is 13.5. The summed E-state index contributed by atoms with van der Waals surface area (Å²) < 4.78 is 40.4. The smallest absolute Gasteiger partial charge is 0.287 e. The van der Waals surface area contributed by atoms with Crippen LogP contribution in [-0.4, -0.2) is 18.4 Å². The van der Waals surface area contributed by atoms with Crippen molar-refractivity contribution in [2.75, 3.05) is 0 Å². The minimum atomic E-state index is -4.47. The Balaban J connectivity index is 2.20. The third-order valence-corrected chi connectivity index (χ3v) is 3.99. The topological polar surface area (TPSA) is 52.8 Å². The minimum absolute atomic E-state index is 0.0144. The first-order chi connectivity index (χ1) is 12.6. The molecule has 0 spiro atoms. The van der Waals surface area contributed by atoms with Gasteiger partial charge in [-0.1, -0.05) is 35.4 Å². The van der Waals surface area contributed by atoms with Crippen LogP contribution >= 0.6 is 23.2 Å². The molecule has 0 aliphatic carbocycles. The molecule has 0 saturated heterocycles. The summed E-state index contributed by atoms with van der Waals surface area (Å²) in [7, 11) is 0. The number of nitrogens with zero attached hydrogens (tertiary/aromatic N) is 1. The number of allylic oxidation sites excluding steroid dienone is 1. The Morgan fingerprint density at radius 3 is 2.22 bits per heavy atom. The van der Waals surface area contributed by atoms with E-state index < -0.39 is 12.1 Å². The van der Waals surface area contributed by atoms with Gasteiger partial charge in [0.05, 0.1) is 5.92 Å². The molecule has 8 heteroatoms. The van der Waals surface area contributed by atoms with E-state index in [2.05, 4.69) is 4.99 Å². The number of halogens is 5. The molecule has 27 heavy (non-hydrogen) atoms. The van der Waals surface area contributed by atoms with E-state index in [1.807, 2.05) is 0 Å². The van der Waals surface area contributed by atoms with Crippen molar-refractivity contribution in [2.45, 2.75) is 19.0 Å². The lowest BCUT2D eigenvalue weighted by Gasteiger charge is -2.18. The number of hydrogen-bond acceptors (Lipinski definition) is 1. The van der Waals surface area contributed by atoms with Crippen molar-refractivity contribution in [1.82, 2.24) is 0 Å². The molecular weight excluding hydrogens is 398 g/mol. The van der Waals surface area contributed by atoms with Crippen molar-refractivity contribution >= 4 is 47.1 Å². The second kappa shape index (κ2) is 9.17. The number of amidine groups is 1. The van der Waals surface area contributed by atoms with E-state index in [4.69, 9.17) is 28.6 Å². The predicted octanol–water partition coefficient (Wildman–Crippen LogP) is 5.57. The quantitative estimate of drug-likeness (QED) is 0.364. The van der Waals surface area contributed by atoms with Gasteiger partial charge in [0.25, 0.3) is 0 Å². The van der Waals surface area contributed by atoms with E-state index >= 15 is 0 Å². The van der Waals surface area contributed by atoms with Crippen LogP contribution in [0.25, 0.3) is 6.08 Å². The average Bonchev–Trinajstić information content (AvgIpc) is 2.54. The van der Waals surface area contributed by atoms with Crippen LogP contribution in [0.5, 0.6) is 0 Å². The van der Waals surface area contributed by atoms with Crippen LogP contribution < -0.4 is 5.32 Å². The fourth-order valence-corrected chi connectivity index (χ4v) is 2.87. The first kappa shape index (κ1) is 21.2. The van der Waals surface area contributed by atoms with Crippen LogP contribution in [0.3, 0.4) is 0 Å². The number of aliphatic imine (C=N–C) groups is 1. The molecule has 2 aromatic carbocycles. The van der Waals surface area contributed by atoms with Gasteiger partial charge < -0.3 is 0 Å². The Labute approximate surface area is 165 Å². The number of benzene rings is 2. The summed E-state index contributed by atoms with van der Waals surface area (Å²) in [6.45, 7) is 1.56. The molecular formula is C19H17Cl2F3N3+. The highest BCUT2D eigenvalue weighted by Gasteiger charge is 2.39. The fourth-order valence-electron chi connectivity index (χ4n) is 2.32. The number of nitrogens with one attached hydrogen (secondary N) is 1. The van der Waals surface area contributed by atoms with Crippen molar-refractivity contribution in [3.63, 3.8) is 0 Å². The standard InChI is InChI=1S/C19H16Cl2F3N3/c1-12(25)26-11-27-17-5-2-13(3-6-17)4-7-18(19(22,23)24)14-8-15(20)10-16(21)9-14/h2-11,18H,1H3,(H2,25,26,27)/p+1/b7-4+. The highest BCUT2D eigenvalue weighted by atomic mass is 35.5. The summed E-state index contributed by atoms with van der Waals surface area (Å²) in [5.74, 6) is -1.63. The third kappa shape index (κ3) is 6.82. The van der Waals surface area contributed by atoms with Crippen LogP contribution in [0.15, 0.2) is 53.5 Å². The summed E-state index contributed by atoms with van der Waals surface area (Å²) in [6.07, 6.45) is -0.484. The summed E-state index contributed by atoms with van der Waals surface area (Å²) >= 11 is 11.7. The second-order valence-corrected chi connectivity index (χ2v) is 6.65. The molecule has 0 amide bonds. The molecule has 0 bridgehead atoms. The molecule has 0 heterocycles. The third-order valence-electron chi connectivity index (χ3n) is 3.55. The Kier molecular flexibility index (Phi) is 7.18. The van der Waals surface area contributed by atoms with Gasteiger partial charge in [0.1, 0.15) is 11.5 Å². The van der Waals surface area contributed by atoms with Crippen LogP contribution in [0.1, 0.15) is 24.0 Å². The maximum atomic E-state index is 13.5. The number of quaternary nitrogens is 1. The number of rotatable bonds is 5. The van der Waals surface area contributed by atoms with Gasteiger partial charge in [-0.25, -0.2) is 0 Å². The Hall–Kier alpha value is -2.15. The Morgan fingerprint density at radius 1 is 1.11 bits per heavy atom. The van der Waals surface area contributed by atoms with Crippen molar-refractivity contribution in [2.24, 2.45) is 4.99 Å². The first-order valence-corrected chi connectivity index (χ1v) is 8.64. The Morgan fingerprint density at radius 2 is 1.70 bits per heavy atom. The van der Waals surface area contributed by atoms with Crippen LogP contribution in [0, 0.1) is 5.41 Å². The minimum Gasteiger partial charge on any atom is -0.287 e. The van der Waals surface area contributed by atoms with E-state index in [1.54, 1.807) is 36.5 Å². The molecule has 0 saturated carbocycles. The van der Waals surface area contributed by atoms with E-state index in [0.29, 0.717) is 5.56 Å². The van der Waals surface area contributed by atoms with Gasteiger partial charge in [0.2, 0.25) is 0 Å². The fraction of sp³-hybridized carbons (Fsp3) is 0.158. The molecule has 0 aromatic heterocycles. The molecule has 1 unspecified atom stereocenters. The second-order valence-electron chi connectivity index (χ2n) is 5.78. The molecule has 3 nitrogen and oxygen atoms in total. The van der Waals surface area contributed by atoms with E-state index in [9.17, 15) is 13.2 Å². The molecule has 3 N–H and O–H groups in total. The first-order valence-electron chi connectivity index (χ1n) is 7.88. The van der Waals surface area contributed by atoms with Gasteiger partial charge in [-0.15, -0.1) is 0 Å². The van der Waals surface area contributed by atoms with Crippen LogP contribution in [-0.2, 0) is 0 Å². The number of hydrogen-bond donors (Lipinski definition) is 2. The van der Waals surface area contributed by atoms with Crippen LogP contribution in [0.4, 0.5) is 18.9 Å². The lowest BCUT2D eigenvalue weighted by atomic mass is 9.97. The molecule has 0 aliphatic rings. The van der Waals surface area contributed by atoms with Gasteiger partial charge in [-0.2, -0.15) is 18.2 Å². The van der Waals surface area contributed by atoms with Gasteiger partial charge >= 0.3 is 6.18 Å². The van der Waals surface area contributed by atoms with Gasteiger partial charge in [0.15, 0.2) is 6.34 Å². The largest absolute Gasteiger partial charge is 0.399 e.